The van der Waals surface area contributed by atoms with Gasteiger partial charge in [0.15, 0.2) is 5.78 Å². The third kappa shape index (κ3) is 2.54. The first kappa shape index (κ1) is 17.0. The Morgan fingerprint density at radius 2 is 2.00 bits per heavy atom. The first-order chi connectivity index (χ1) is 13.1. The van der Waals surface area contributed by atoms with Crippen LogP contribution in [-0.4, -0.2) is 53.4 Å². The van der Waals surface area contributed by atoms with Crippen molar-refractivity contribution in [2.24, 2.45) is 5.92 Å². The van der Waals surface area contributed by atoms with Crippen molar-refractivity contribution in [2.75, 3.05) is 26.7 Å². The van der Waals surface area contributed by atoms with E-state index in [0.29, 0.717) is 18.4 Å². The van der Waals surface area contributed by atoms with Gasteiger partial charge in [-0.05, 0) is 55.3 Å². The van der Waals surface area contributed by atoms with Crippen molar-refractivity contribution in [1.29, 1.82) is 0 Å². The lowest BCUT2D eigenvalue weighted by molar-refractivity contribution is -0.140. The predicted molar refractivity (Wildman–Crippen MR) is 105 cm³/mol. The van der Waals surface area contributed by atoms with Gasteiger partial charge in [-0.1, -0.05) is 36.4 Å². The number of fused-ring (bicyclic) bond motifs is 1. The van der Waals surface area contributed by atoms with Crippen molar-refractivity contribution >= 4 is 5.78 Å². The van der Waals surface area contributed by atoms with Gasteiger partial charge in [-0.2, -0.15) is 0 Å². The summed E-state index contributed by atoms with van der Waals surface area (Å²) < 4.78 is 0. The topological polar surface area (TPSA) is 43.8 Å². The smallest absolute Gasteiger partial charge is 0.157 e. The lowest BCUT2D eigenvalue weighted by atomic mass is 9.54. The minimum atomic E-state index is -0.420. The average molecular weight is 362 g/mol. The van der Waals surface area contributed by atoms with Crippen LogP contribution in [0.5, 0.6) is 5.75 Å². The summed E-state index contributed by atoms with van der Waals surface area (Å²) in [6.07, 6.45) is 1.82. The Bertz CT molecular complexity index is 881. The van der Waals surface area contributed by atoms with Crippen LogP contribution in [-0.2, 0) is 23.2 Å². The summed E-state index contributed by atoms with van der Waals surface area (Å²) >= 11 is 0. The predicted octanol–water partition coefficient (Wildman–Crippen LogP) is 2.59. The number of hydrogen-bond acceptors (Lipinski definition) is 4. The van der Waals surface area contributed by atoms with Crippen LogP contribution in [0.2, 0.25) is 0 Å². The first-order valence-electron chi connectivity index (χ1n) is 9.90. The molecule has 27 heavy (non-hydrogen) atoms. The zero-order valence-corrected chi connectivity index (χ0v) is 15.8. The molecule has 2 bridgehead atoms. The van der Waals surface area contributed by atoms with E-state index >= 15 is 0 Å². The monoisotopic (exact) mass is 362 g/mol. The summed E-state index contributed by atoms with van der Waals surface area (Å²) in [5.74, 6) is 0.897. The number of hydrogen-bond donors (Lipinski definition) is 1. The summed E-state index contributed by atoms with van der Waals surface area (Å²) in [5.41, 5.74) is 3.18. The molecule has 0 unspecified atom stereocenters. The Labute approximate surface area is 160 Å². The second-order valence-corrected chi connectivity index (χ2v) is 8.50. The van der Waals surface area contributed by atoms with Crippen molar-refractivity contribution in [2.45, 2.75) is 30.8 Å². The van der Waals surface area contributed by atoms with Gasteiger partial charge < -0.3 is 10.0 Å². The molecule has 2 saturated heterocycles. The minimum absolute atomic E-state index is 0.277. The van der Waals surface area contributed by atoms with Crippen molar-refractivity contribution < 1.29 is 9.90 Å². The Kier molecular flexibility index (Phi) is 3.88. The van der Waals surface area contributed by atoms with E-state index < -0.39 is 5.41 Å². The van der Waals surface area contributed by atoms with Crippen molar-refractivity contribution in [3.8, 4) is 5.75 Å². The van der Waals surface area contributed by atoms with Gasteiger partial charge in [0, 0.05) is 25.0 Å². The molecule has 0 amide bonds. The zero-order valence-electron chi connectivity index (χ0n) is 15.8. The molecular formula is C23H26N2O2. The number of likely N-dealkylation sites (N-methyl/N-ethyl adjacent to an activating group) is 1. The van der Waals surface area contributed by atoms with Crippen LogP contribution in [0.1, 0.15) is 23.1 Å². The highest BCUT2D eigenvalue weighted by atomic mass is 16.3. The Balaban J connectivity index is 1.54. The second-order valence-electron chi connectivity index (χ2n) is 8.50. The number of carbonyl (C=O) groups excluding carboxylic acids is 1. The van der Waals surface area contributed by atoms with Gasteiger partial charge in [0.05, 0.1) is 12.0 Å². The summed E-state index contributed by atoms with van der Waals surface area (Å²) in [7, 11) is 2.20. The van der Waals surface area contributed by atoms with E-state index in [1.807, 2.05) is 18.2 Å². The number of benzene rings is 2. The molecule has 5 rings (SSSR count). The van der Waals surface area contributed by atoms with Crippen molar-refractivity contribution in [3.05, 3.63) is 65.2 Å². The second kappa shape index (κ2) is 6.18. The minimum Gasteiger partial charge on any atom is -0.508 e. The number of phenolic OH excluding ortho intramolecular Hbond substituents is 1. The van der Waals surface area contributed by atoms with E-state index in [4.69, 9.17) is 0 Å². The van der Waals surface area contributed by atoms with Crippen molar-refractivity contribution in [3.63, 3.8) is 0 Å². The third-order valence-corrected chi connectivity index (χ3v) is 7.09. The van der Waals surface area contributed by atoms with E-state index in [1.165, 1.54) is 11.1 Å². The highest BCUT2D eigenvalue weighted by molar-refractivity contribution is 5.94. The molecule has 3 atom stereocenters. The molecule has 4 heteroatoms. The molecule has 2 aliphatic heterocycles. The Morgan fingerprint density at radius 3 is 2.81 bits per heavy atom. The van der Waals surface area contributed by atoms with Gasteiger partial charge in [0.25, 0.3) is 0 Å². The van der Waals surface area contributed by atoms with Gasteiger partial charge >= 0.3 is 0 Å². The number of phenols is 1. The van der Waals surface area contributed by atoms with E-state index in [0.717, 1.165) is 38.0 Å². The summed E-state index contributed by atoms with van der Waals surface area (Å²) in [5, 5.41) is 10.1. The van der Waals surface area contributed by atoms with Gasteiger partial charge in [0.1, 0.15) is 5.75 Å². The van der Waals surface area contributed by atoms with Gasteiger partial charge in [-0.15, -0.1) is 0 Å². The van der Waals surface area contributed by atoms with Crippen LogP contribution >= 0.6 is 0 Å². The number of likely N-dealkylation sites (tertiary alicyclic amines) is 2. The van der Waals surface area contributed by atoms with E-state index in [2.05, 4.69) is 41.1 Å². The largest absolute Gasteiger partial charge is 0.508 e. The standard InChI is InChI=1S/C23H26N2O2/c1-24-10-9-23-19-12-18(26)8-7-17(19)11-21(24)20(23)14-25(15-22(23)27)13-16-5-3-2-4-6-16/h2-8,12,20-21,26H,9-11,13-15H2,1H3/t20-,21+,23+/m0/s1. The molecule has 140 valence electrons. The van der Waals surface area contributed by atoms with Gasteiger partial charge in [-0.3, -0.25) is 9.69 Å². The maximum absolute atomic E-state index is 13.6. The van der Waals surface area contributed by atoms with Gasteiger partial charge in [-0.25, -0.2) is 0 Å². The van der Waals surface area contributed by atoms with Gasteiger partial charge in [0.2, 0.25) is 0 Å². The molecule has 0 radical (unpaired) electrons. The fraction of sp³-hybridized carbons (Fsp3) is 0.435. The molecule has 0 aromatic heterocycles. The molecule has 0 spiro atoms. The molecule has 2 aromatic rings. The fourth-order valence-electron chi connectivity index (χ4n) is 5.78. The van der Waals surface area contributed by atoms with E-state index in [-0.39, 0.29) is 11.7 Å². The summed E-state index contributed by atoms with van der Waals surface area (Å²) in [6.45, 7) is 3.20. The van der Waals surface area contributed by atoms with E-state index in [1.54, 1.807) is 6.07 Å². The summed E-state index contributed by atoms with van der Waals surface area (Å²) in [6, 6.07) is 16.5. The van der Waals surface area contributed by atoms with E-state index in [9.17, 15) is 9.90 Å². The Morgan fingerprint density at radius 1 is 1.19 bits per heavy atom. The number of Topliss-reactive ketones (excluding diaryl/α,β-unsaturated/α-hetero) is 1. The first-order valence-corrected chi connectivity index (χ1v) is 9.90. The highest BCUT2D eigenvalue weighted by Crippen LogP contribution is 2.52. The van der Waals surface area contributed by atoms with Crippen LogP contribution in [0.25, 0.3) is 0 Å². The number of ketones is 1. The van der Waals surface area contributed by atoms with Crippen LogP contribution in [0.4, 0.5) is 0 Å². The highest BCUT2D eigenvalue weighted by Gasteiger charge is 2.58. The average Bonchev–Trinajstić information content (AvgIpc) is 2.66. The summed E-state index contributed by atoms with van der Waals surface area (Å²) in [4.78, 5) is 18.4. The maximum Gasteiger partial charge on any atom is 0.157 e. The van der Waals surface area contributed by atoms with Crippen molar-refractivity contribution in [1.82, 2.24) is 9.80 Å². The number of rotatable bonds is 2. The molecule has 3 aliphatic rings. The lowest BCUT2D eigenvalue weighted by Crippen LogP contribution is -2.68. The molecule has 0 saturated carbocycles. The lowest BCUT2D eigenvalue weighted by Gasteiger charge is -2.58. The van der Waals surface area contributed by atoms with Crippen LogP contribution in [0.3, 0.4) is 0 Å². The molecule has 2 fully saturated rings. The number of aromatic hydroxyl groups is 1. The number of nitrogens with zero attached hydrogens (tertiary/aromatic N) is 2. The molecule has 1 aliphatic carbocycles. The molecule has 1 N–H and O–H groups in total. The zero-order chi connectivity index (χ0) is 18.6. The Hall–Kier alpha value is -2.17. The van der Waals surface area contributed by atoms with Crippen LogP contribution in [0, 0.1) is 5.92 Å². The molecule has 2 heterocycles. The molecular weight excluding hydrogens is 336 g/mol. The molecule has 4 nitrogen and oxygen atoms in total. The normalized spacial score (nSPS) is 30.6. The third-order valence-electron chi connectivity index (χ3n) is 7.09. The SMILES string of the molecule is CN1CC[C@]23C(=O)CN(Cc4ccccc4)C[C@H]2[C@H]1Cc1ccc(O)cc13. The quantitative estimate of drug-likeness (QED) is 0.892. The van der Waals surface area contributed by atoms with Crippen LogP contribution < -0.4 is 0 Å². The van der Waals surface area contributed by atoms with Crippen LogP contribution in [0.15, 0.2) is 48.5 Å². The number of piperidine rings is 2. The maximum atomic E-state index is 13.6. The fourth-order valence-corrected chi connectivity index (χ4v) is 5.78. The number of carbonyl (C=O) groups is 1. The molecule has 2 aromatic carbocycles.